The van der Waals surface area contributed by atoms with Crippen LogP contribution in [-0.2, 0) is 4.74 Å². The van der Waals surface area contributed by atoms with Gasteiger partial charge in [0.25, 0.3) is 0 Å². The number of ether oxygens (including phenoxy) is 1. The second-order valence-electron chi connectivity index (χ2n) is 2.92. The molecule has 1 amide bonds. The third-order valence-electron chi connectivity index (χ3n) is 1.43. The van der Waals surface area contributed by atoms with Gasteiger partial charge in [-0.25, -0.2) is 4.79 Å². The molecule has 3 N–H and O–H groups in total. The molecule has 70 valence electrons. The van der Waals surface area contributed by atoms with Gasteiger partial charge in [0.15, 0.2) is 0 Å². The molecule has 0 radical (unpaired) electrons. The van der Waals surface area contributed by atoms with Crippen molar-refractivity contribution in [2.24, 2.45) is 5.73 Å². The van der Waals surface area contributed by atoms with Gasteiger partial charge in [0, 0.05) is 17.5 Å². The largest absolute Gasteiger partial charge is 0.443 e. The molecule has 0 bridgehead atoms. The molecule has 0 aromatic heterocycles. The van der Waals surface area contributed by atoms with Crippen LogP contribution in [0.2, 0.25) is 0 Å². The van der Waals surface area contributed by atoms with Crippen LogP contribution >= 0.6 is 11.8 Å². The van der Waals surface area contributed by atoms with Crippen LogP contribution in [0.4, 0.5) is 4.79 Å². The average Bonchev–Trinajstić information content (AvgIpc) is 2.35. The van der Waals surface area contributed by atoms with E-state index in [1.807, 2.05) is 6.92 Å². The molecule has 1 rings (SSSR count). The Balaban J connectivity index is 2.04. The van der Waals surface area contributed by atoms with Gasteiger partial charge < -0.3 is 15.8 Å². The molecular formula is C7H14N2O2S. The average molecular weight is 190 g/mol. The predicted molar refractivity (Wildman–Crippen MR) is 49.2 cm³/mol. The van der Waals surface area contributed by atoms with Crippen molar-refractivity contribution < 1.29 is 9.53 Å². The first-order valence-corrected chi connectivity index (χ1v) is 5.11. The molecule has 1 aliphatic rings. The van der Waals surface area contributed by atoms with Gasteiger partial charge in [-0.1, -0.05) is 0 Å². The van der Waals surface area contributed by atoms with E-state index < -0.39 is 0 Å². The van der Waals surface area contributed by atoms with Crippen molar-refractivity contribution >= 4 is 17.9 Å². The van der Waals surface area contributed by atoms with Crippen molar-refractivity contribution in [3.05, 3.63) is 0 Å². The molecule has 1 heterocycles. The molecule has 5 heteroatoms. The van der Waals surface area contributed by atoms with E-state index >= 15 is 0 Å². The fraction of sp³-hybridized carbons (Fsp3) is 0.857. The van der Waals surface area contributed by atoms with Gasteiger partial charge in [0.1, 0.15) is 6.10 Å². The Morgan fingerprint density at radius 1 is 1.92 bits per heavy atom. The van der Waals surface area contributed by atoms with Crippen LogP contribution in [0.5, 0.6) is 0 Å². The summed E-state index contributed by atoms with van der Waals surface area (Å²) in [5.74, 6) is 1.74. The molecule has 12 heavy (non-hydrogen) atoms. The molecule has 0 spiro atoms. The minimum absolute atomic E-state index is 0.0289. The summed E-state index contributed by atoms with van der Waals surface area (Å²) in [4.78, 5) is 10.6. The molecule has 2 unspecified atom stereocenters. The van der Waals surface area contributed by atoms with Crippen molar-refractivity contribution in [3.8, 4) is 0 Å². The normalized spacial score (nSPS) is 24.8. The third kappa shape index (κ3) is 3.32. The summed E-state index contributed by atoms with van der Waals surface area (Å²) >= 11 is 1.72. The van der Waals surface area contributed by atoms with Gasteiger partial charge in [-0.3, -0.25) is 0 Å². The Morgan fingerprint density at radius 2 is 2.67 bits per heavy atom. The van der Waals surface area contributed by atoms with E-state index in [0.29, 0.717) is 6.54 Å². The van der Waals surface area contributed by atoms with Crippen LogP contribution in [0.1, 0.15) is 6.92 Å². The summed E-state index contributed by atoms with van der Waals surface area (Å²) in [6, 6.07) is 0.208. The first-order valence-electron chi connectivity index (χ1n) is 3.96. The monoisotopic (exact) mass is 190 g/mol. The highest BCUT2D eigenvalue weighted by Crippen LogP contribution is 2.09. The van der Waals surface area contributed by atoms with Gasteiger partial charge in [-0.15, -0.1) is 0 Å². The predicted octanol–water partition coefficient (Wildman–Crippen LogP) is 0.175. The second kappa shape index (κ2) is 4.57. The van der Waals surface area contributed by atoms with Crippen LogP contribution in [0.15, 0.2) is 0 Å². The molecule has 0 aromatic carbocycles. The van der Waals surface area contributed by atoms with Crippen LogP contribution in [0, 0.1) is 0 Å². The Bertz CT molecular complexity index is 163. The summed E-state index contributed by atoms with van der Waals surface area (Å²) in [5, 5.41) is 2.60. The van der Waals surface area contributed by atoms with Crippen molar-refractivity contribution in [1.29, 1.82) is 0 Å². The number of carbonyl (C=O) groups is 1. The number of carbonyl (C=O) groups excluding carboxylic acids is 1. The molecular weight excluding hydrogens is 176 g/mol. The van der Waals surface area contributed by atoms with Crippen molar-refractivity contribution in [2.45, 2.75) is 19.1 Å². The first kappa shape index (κ1) is 9.67. The third-order valence-corrected chi connectivity index (χ3v) is 2.80. The molecule has 1 fully saturated rings. The lowest BCUT2D eigenvalue weighted by atomic mass is 10.4. The quantitative estimate of drug-likeness (QED) is 0.663. The number of nitrogens with one attached hydrogen (secondary N) is 1. The van der Waals surface area contributed by atoms with E-state index in [1.54, 1.807) is 11.8 Å². The Hall–Kier alpha value is -0.420. The smallest absolute Gasteiger partial charge is 0.407 e. The van der Waals surface area contributed by atoms with E-state index in [0.717, 1.165) is 11.5 Å². The summed E-state index contributed by atoms with van der Waals surface area (Å²) in [6.45, 7) is 2.59. The van der Waals surface area contributed by atoms with Gasteiger partial charge in [-0.05, 0) is 6.92 Å². The number of cyclic esters (lactones) is 1. The minimum atomic E-state index is -0.304. The van der Waals surface area contributed by atoms with Gasteiger partial charge in [-0.2, -0.15) is 11.8 Å². The molecule has 1 aliphatic heterocycles. The minimum Gasteiger partial charge on any atom is -0.443 e. The van der Waals surface area contributed by atoms with Crippen LogP contribution in [-0.4, -0.2) is 36.3 Å². The fourth-order valence-electron chi connectivity index (χ4n) is 0.910. The fourth-order valence-corrected chi connectivity index (χ4v) is 1.87. The van der Waals surface area contributed by atoms with Crippen molar-refractivity contribution in [1.82, 2.24) is 5.32 Å². The summed E-state index contributed by atoms with van der Waals surface area (Å²) in [6.07, 6.45) is -0.275. The number of nitrogens with two attached hydrogens (primary N) is 1. The highest BCUT2D eigenvalue weighted by molar-refractivity contribution is 7.99. The van der Waals surface area contributed by atoms with Gasteiger partial charge in [0.05, 0.1) is 6.54 Å². The van der Waals surface area contributed by atoms with Gasteiger partial charge in [0.2, 0.25) is 0 Å². The van der Waals surface area contributed by atoms with E-state index in [9.17, 15) is 4.79 Å². The zero-order chi connectivity index (χ0) is 8.97. The number of hydrogen-bond acceptors (Lipinski definition) is 4. The molecule has 0 saturated carbocycles. The van der Waals surface area contributed by atoms with E-state index in [4.69, 9.17) is 10.5 Å². The number of amides is 1. The Labute approximate surface area is 76.2 Å². The lowest BCUT2D eigenvalue weighted by molar-refractivity contribution is 0.150. The van der Waals surface area contributed by atoms with Crippen LogP contribution in [0.25, 0.3) is 0 Å². The summed E-state index contributed by atoms with van der Waals surface area (Å²) in [7, 11) is 0. The SMILES string of the molecule is CC(N)CSCC1CNC(=O)O1. The van der Waals surface area contributed by atoms with E-state index in [1.165, 1.54) is 0 Å². The molecule has 2 atom stereocenters. The number of thioether (sulfide) groups is 1. The number of hydrogen-bond donors (Lipinski definition) is 2. The summed E-state index contributed by atoms with van der Waals surface area (Å²) in [5.41, 5.74) is 5.56. The standard InChI is InChI=1S/C7H14N2O2S/c1-5(8)3-12-4-6-2-9-7(10)11-6/h5-6H,2-4,8H2,1H3,(H,9,10). The highest BCUT2D eigenvalue weighted by Gasteiger charge is 2.21. The maximum absolute atomic E-state index is 10.6. The maximum atomic E-state index is 10.6. The zero-order valence-electron chi connectivity index (χ0n) is 7.08. The Morgan fingerprint density at radius 3 is 3.17 bits per heavy atom. The number of rotatable bonds is 4. The van der Waals surface area contributed by atoms with Crippen LogP contribution in [0.3, 0.4) is 0 Å². The lowest BCUT2D eigenvalue weighted by Crippen LogP contribution is -2.21. The Kier molecular flexibility index (Phi) is 3.68. The maximum Gasteiger partial charge on any atom is 0.407 e. The number of alkyl carbamates (subject to hydrolysis) is 1. The van der Waals surface area contributed by atoms with Crippen LogP contribution < -0.4 is 11.1 Å². The summed E-state index contributed by atoms with van der Waals surface area (Å²) < 4.78 is 4.93. The molecule has 1 saturated heterocycles. The molecule has 0 aromatic rings. The highest BCUT2D eigenvalue weighted by atomic mass is 32.2. The zero-order valence-corrected chi connectivity index (χ0v) is 7.89. The topological polar surface area (TPSA) is 64.3 Å². The van der Waals surface area contributed by atoms with Crippen molar-refractivity contribution in [3.63, 3.8) is 0 Å². The van der Waals surface area contributed by atoms with Crippen molar-refractivity contribution in [2.75, 3.05) is 18.1 Å². The van der Waals surface area contributed by atoms with E-state index in [2.05, 4.69) is 5.32 Å². The lowest BCUT2D eigenvalue weighted by Gasteiger charge is -2.08. The first-order chi connectivity index (χ1) is 5.68. The molecule has 0 aliphatic carbocycles. The molecule has 4 nitrogen and oxygen atoms in total. The van der Waals surface area contributed by atoms with E-state index in [-0.39, 0.29) is 18.2 Å². The second-order valence-corrected chi connectivity index (χ2v) is 4.00. The van der Waals surface area contributed by atoms with Gasteiger partial charge >= 0.3 is 6.09 Å².